The highest BCUT2D eigenvalue weighted by atomic mass is 19.4. The number of hydrogen-bond donors (Lipinski definition) is 2. The first-order chi connectivity index (χ1) is 9.38. The van der Waals surface area contributed by atoms with E-state index in [0.29, 0.717) is 5.56 Å². The fourth-order valence-corrected chi connectivity index (χ4v) is 2.50. The minimum Gasteiger partial charge on any atom is -0.480 e. The van der Waals surface area contributed by atoms with Crippen LogP contribution in [0.25, 0.3) is 0 Å². The van der Waals surface area contributed by atoms with Crippen molar-refractivity contribution in [2.45, 2.75) is 43.9 Å². The van der Waals surface area contributed by atoms with E-state index in [-0.39, 0.29) is 6.04 Å². The van der Waals surface area contributed by atoms with Crippen molar-refractivity contribution in [1.82, 2.24) is 5.32 Å². The predicted molar refractivity (Wildman–Crippen MR) is 67.2 cm³/mol. The topological polar surface area (TPSA) is 49.3 Å². The Morgan fingerprint density at radius 1 is 1.20 bits per heavy atom. The van der Waals surface area contributed by atoms with Gasteiger partial charge < -0.3 is 5.11 Å². The maximum atomic E-state index is 12.5. The van der Waals surface area contributed by atoms with E-state index >= 15 is 0 Å². The molecule has 1 aliphatic carbocycles. The lowest BCUT2D eigenvalue weighted by atomic mass is 10.0. The highest BCUT2D eigenvalue weighted by molar-refractivity contribution is 5.75. The van der Waals surface area contributed by atoms with E-state index in [4.69, 9.17) is 0 Å². The van der Waals surface area contributed by atoms with Crippen molar-refractivity contribution in [2.24, 2.45) is 0 Å². The fraction of sp³-hybridized carbons (Fsp3) is 0.500. The summed E-state index contributed by atoms with van der Waals surface area (Å²) in [7, 11) is 0. The molecule has 1 aromatic rings. The molecule has 1 unspecified atom stereocenters. The van der Waals surface area contributed by atoms with Gasteiger partial charge in [0.25, 0.3) is 0 Å². The Kier molecular flexibility index (Phi) is 4.32. The number of hydrogen-bond acceptors (Lipinski definition) is 2. The van der Waals surface area contributed by atoms with Crippen molar-refractivity contribution < 1.29 is 23.1 Å². The van der Waals surface area contributed by atoms with Gasteiger partial charge in [0.2, 0.25) is 0 Å². The number of aliphatic carboxylic acids is 1. The first kappa shape index (κ1) is 14.8. The molecule has 0 aliphatic heterocycles. The maximum Gasteiger partial charge on any atom is 0.416 e. The maximum absolute atomic E-state index is 12.5. The van der Waals surface area contributed by atoms with Crippen molar-refractivity contribution in [2.75, 3.05) is 0 Å². The van der Waals surface area contributed by atoms with Crippen LogP contribution in [0.15, 0.2) is 24.3 Å². The lowest BCUT2D eigenvalue weighted by Crippen LogP contribution is -2.35. The Bertz CT molecular complexity index is 464. The molecule has 6 heteroatoms. The molecular weight excluding hydrogens is 271 g/mol. The van der Waals surface area contributed by atoms with Gasteiger partial charge in [-0.3, -0.25) is 10.1 Å². The van der Waals surface area contributed by atoms with Gasteiger partial charge in [-0.15, -0.1) is 0 Å². The van der Waals surface area contributed by atoms with Crippen molar-refractivity contribution in [1.29, 1.82) is 0 Å². The van der Waals surface area contributed by atoms with Crippen LogP contribution < -0.4 is 5.32 Å². The van der Waals surface area contributed by atoms with Crippen LogP contribution in [-0.4, -0.2) is 17.1 Å². The zero-order chi connectivity index (χ0) is 14.8. The zero-order valence-electron chi connectivity index (χ0n) is 10.8. The molecule has 1 aromatic carbocycles. The highest BCUT2D eigenvalue weighted by Gasteiger charge is 2.31. The second-order valence-corrected chi connectivity index (χ2v) is 5.04. The van der Waals surface area contributed by atoms with E-state index in [1.165, 1.54) is 12.1 Å². The number of carboxylic acids is 1. The molecule has 3 nitrogen and oxygen atoms in total. The van der Waals surface area contributed by atoms with Crippen LogP contribution in [0.2, 0.25) is 0 Å². The molecule has 110 valence electrons. The minimum absolute atomic E-state index is 0.124. The molecule has 1 saturated carbocycles. The SMILES string of the molecule is O=C(O)C(NC1CCCC1)c1ccc(C(F)(F)F)cc1. The third-order valence-corrected chi connectivity index (χ3v) is 3.58. The smallest absolute Gasteiger partial charge is 0.416 e. The van der Waals surface area contributed by atoms with E-state index in [0.717, 1.165) is 37.8 Å². The molecule has 0 amide bonds. The summed E-state index contributed by atoms with van der Waals surface area (Å²) in [5.74, 6) is -1.07. The normalized spacial score (nSPS) is 18.1. The third kappa shape index (κ3) is 3.50. The fourth-order valence-electron chi connectivity index (χ4n) is 2.50. The number of benzene rings is 1. The third-order valence-electron chi connectivity index (χ3n) is 3.58. The van der Waals surface area contributed by atoms with Crippen molar-refractivity contribution in [3.63, 3.8) is 0 Å². The van der Waals surface area contributed by atoms with Gasteiger partial charge in [-0.2, -0.15) is 13.2 Å². The summed E-state index contributed by atoms with van der Waals surface area (Å²) in [6.45, 7) is 0. The number of nitrogens with one attached hydrogen (secondary N) is 1. The summed E-state index contributed by atoms with van der Waals surface area (Å²) in [4.78, 5) is 11.3. The molecule has 0 bridgehead atoms. The molecule has 1 aliphatic rings. The van der Waals surface area contributed by atoms with Gasteiger partial charge in [0.15, 0.2) is 0 Å². The van der Waals surface area contributed by atoms with Crippen LogP contribution in [0.5, 0.6) is 0 Å². The first-order valence-corrected chi connectivity index (χ1v) is 6.54. The average molecular weight is 287 g/mol. The highest BCUT2D eigenvalue weighted by Crippen LogP contribution is 2.30. The lowest BCUT2D eigenvalue weighted by molar-refractivity contribution is -0.140. The number of halogens is 3. The summed E-state index contributed by atoms with van der Waals surface area (Å²) in [6.07, 6.45) is -0.487. The van der Waals surface area contributed by atoms with Gasteiger partial charge in [-0.05, 0) is 30.5 Å². The molecule has 2 rings (SSSR count). The van der Waals surface area contributed by atoms with Gasteiger partial charge in [-0.25, -0.2) is 0 Å². The van der Waals surface area contributed by atoms with E-state index in [2.05, 4.69) is 5.32 Å². The Morgan fingerprint density at radius 3 is 2.20 bits per heavy atom. The van der Waals surface area contributed by atoms with Gasteiger partial charge in [0.05, 0.1) is 5.56 Å². The molecule has 0 spiro atoms. The second-order valence-electron chi connectivity index (χ2n) is 5.04. The molecule has 0 heterocycles. The number of carboxylic acid groups (broad SMARTS) is 1. The van der Waals surface area contributed by atoms with E-state index in [9.17, 15) is 23.1 Å². The molecule has 0 radical (unpaired) electrons. The summed E-state index contributed by atoms with van der Waals surface area (Å²) in [5.41, 5.74) is -0.427. The Balaban J connectivity index is 2.14. The lowest BCUT2D eigenvalue weighted by Gasteiger charge is -2.20. The molecule has 20 heavy (non-hydrogen) atoms. The molecular formula is C14H16F3NO2. The first-order valence-electron chi connectivity index (χ1n) is 6.54. The Labute approximate surface area is 114 Å². The monoisotopic (exact) mass is 287 g/mol. The van der Waals surface area contributed by atoms with Gasteiger partial charge in [0, 0.05) is 6.04 Å². The average Bonchev–Trinajstić information content (AvgIpc) is 2.87. The number of carbonyl (C=O) groups is 1. The summed E-state index contributed by atoms with van der Waals surface area (Å²) in [6, 6.07) is 3.45. The van der Waals surface area contributed by atoms with E-state index in [1.54, 1.807) is 0 Å². The van der Waals surface area contributed by atoms with Gasteiger partial charge in [0.1, 0.15) is 6.04 Å². The Hall–Kier alpha value is -1.56. The summed E-state index contributed by atoms with van der Waals surface area (Å²) in [5, 5.41) is 12.2. The van der Waals surface area contributed by atoms with Crippen LogP contribution in [0.4, 0.5) is 13.2 Å². The second kappa shape index (κ2) is 5.83. The van der Waals surface area contributed by atoms with Crippen LogP contribution in [-0.2, 0) is 11.0 Å². The molecule has 0 aromatic heterocycles. The van der Waals surface area contributed by atoms with E-state index < -0.39 is 23.8 Å². The molecule has 1 atom stereocenters. The summed E-state index contributed by atoms with van der Waals surface area (Å²) < 4.78 is 37.4. The largest absolute Gasteiger partial charge is 0.480 e. The Morgan fingerprint density at radius 2 is 1.75 bits per heavy atom. The van der Waals surface area contributed by atoms with Crippen LogP contribution in [0, 0.1) is 0 Å². The quantitative estimate of drug-likeness (QED) is 0.892. The van der Waals surface area contributed by atoms with Crippen LogP contribution in [0.3, 0.4) is 0 Å². The van der Waals surface area contributed by atoms with Crippen molar-refractivity contribution in [3.05, 3.63) is 35.4 Å². The number of alkyl halides is 3. The van der Waals surface area contributed by atoms with Crippen LogP contribution in [0.1, 0.15) is 42.9 Å². The summed E-state index contributed by atoms with van der Waals surface area (Å²) >= 11 is 0. The predicted octanol–water partition coefficient (Wildman–Crippen LogP) is 3.36. The molecule has 2 N–H and O–H groups in total. The van der Waals surface area contributed by atoms with Crippen LogP contribution >= 0.6 is 0 Å². The molecule has 1 fully saturated rings. The van der Waals surface area contributed by atoms with Gasteiger partial charge >= 0.3 is 12.1 Å². The zero-order valence-corrected chi connectivity index (χ0v) is 10.8. The standard InChI is InChI=1S/C14H16F3NO2/c15-14(16,17)10-7-5-9(6-8-10)12(13(19)20)18-11-3-1-2-4-11/h5-8,11-12,18H,1-4H2,(H,19,20). The number of rotatable bonds is 4. The van der Waals surface area contributed by atoms with Crippen molar-refractivity contribution >= 4 is 5.97 Å². The van der Waals surface area contributed by atoms with Gasteiger partial charge in [-0.1, -0.05) is 25.0 Å². The van der Waals surface area contributed by atoms with E-state index in [1.807, 2.05) is 0 Å². The van der Waals surface area contributed by atoms with Crippen molar-refractivity contribution in [3.8, 4) is 0 Å². The minimum atomic E-state index is -4.41. The molecule has 0 saturated heterocycles.